The standard InChI is InChI=1S/C24H24F2O/c1-2-5-17-11-14-21-20-7-4-3-6-16(20)10-15-22(21)23(17)18-8-12-19(13-9-18)27-24(25)26/h3-4,6-10,12-13,15,17,23-24H,2,5,11,14H2,1H3/t17-,23-/m1/s1. The van der Waals surface area contributed by atoms with Crippen molar-refractivity contribution in [2.45, 2.75) is 45.1 Å². The predicted octanol–water partition coefficient (Wildman–Crippen LogP) is 6.94. The Labute approximate surface area is 159 Å². The molecule has 3 heteroatoms. The minimum Gasteiger partial charge on any atom is -0.435 e. The number of alkyl halides is 2. The van der Waals surface area contributed by atoms with E-state index in [1.54, 1.807) is 12.1 Å². The summed E-state index contributed by atoms with van der Waals surface area (Å²) >= 11 is 0. The van der Waals surface area contributed by atoms with Gasteiger partial charge in [0, 0.05) is 5.92 Å². The number of hydrogen-bond donors (Lipinski definition) is 0. The normalized spacial score (nSPS) is 19.3. The molecule has 3 aromatic carbocycles. The molecule has 0 fully saturated rings. The second kappa shape index (κ2) is 7.67. The van der Waals surface area contributed by atoms with Crippen LogP contribution in [0.2, 0.25) is 0 Å². The van der Waals surface area contributed by atoms with Gasteiger partial charge < -0.3 is 4.74 Å². The van der Waals surface area contributed by atoms with E-state index in [4.69, 9.17) is 0 Å². The molecule has 3 aromatic rings. The maximum atomic E-state index is 12.5. The van der Waals surface area contributed by atoms with Crippen LogP contribution in [-0.4, -0.2) is 6.61 Å². The second-order valence-corrected chi connectivity index (χ2v) is 7.37. The molecule has 0 bridgehead atoms. The Hall–Kier alpha value is -2.42. The summed E-state index contributed by atoms with van der Waals surface area (Å²) in [5, 5.41) is 2.62. The first-order valence-corrected chi connectivity index (χ1v) is 9.72. The smallest absolute Gasteiger partial charge is 0.387 e. The number of benzene rings is 3. The summed E-state index contributed by atoms with van der Waals surface area (Å²) in [6.45, 7) is -0.558. The Morgan fingerprint density at radius 3 is 2.52 bits per heavy atom. The fourth-order valence-corrected chi connectivity index (χ4v) is 4.66. The van der Waals surface area contributed by atoms with Crippen molar-refractivity contribution in [3.63, 3.8) is 0 Å². The van der Waals surface area contributed by atoms with Gasteiger partial charge in [-0.25, -0.2) is 0 Å². The molecule has 0 amide bonds. The molecule has 1 aliphatic carbocycles. The highest BCUT2D eigenvalue weighted by molar-refractivity contribution is 5.87. The van der Waals surface area contributed by atoms with E-state index in [9.17, 15) is 8.78 Å². The molecule has 0 spiro atoms. The first-order chi connectivity index (χ1) is 13.2. The van der Waals surface area contributed by atoms with Gasteiger partial charge in [-0.1, -0.05) is 61.9 Å². The summed E-state index contributed by atoms with van der Waals surface area (Å²) in [5.41, 5.74) is 4.02. The van der Waals surface area contributed by atoms with Gasteiger partial charge in [0.25, 0.3) is 0 Å². The van der Waals surface area contributed by atoms with Gasteiger partial charge in [0.1, 0.15) is 5.75 Å². The fraction of sp³-hybridized carbons (Fsp3) is 0.333. The van der Waals surface area contributed by atoms with Crippen LogP contribution in [0.4, 0.5) is 8.78 Å². The molecule has 2 atom stereocenters. The Morgan fingerprint density at radius 1 is 1.00 bits per heavy atom. The highest BCUT2D eigenvalue weighted by Crippen LogP contribution is 2.45. The van der Waals surface area contributed by atoms with Crippen LogP contribution < -0.4 is 4.74 Å². The number of hydrogen-bond acceptors (Lipinski definition) is 1. The van der Waals surface area contributed by atoms with Crippen LogP contribution in [0, 0.1) is 5.92 Å². The molecule has 1 aliphatic rings. The first kappa shape index (κ1) is 18.0. The van der Waals surface area contributed by atoms with Crippen LogP contribution >= 0.6 is 0 Å². The average Bonchev–Trinajstić information content (AvgIpc) is 2.68. The highest BCUT2D eigenvalue weighted by Gasteiger charge is 2.31. The molecule has 0 radical (unpaired) electrons. The monoisotopic (exact) mass is 366 g/mol. The van der Waals surface area contributed by atoms with E-state index < -0.39 is 6.61 Å². The van der Waals surface area contributed by atoms with Gasteiger partial charge in [-0.2, -0.15) is 8.78 Å². The molecule has 0 aromatic heterocycles. The summed E-state index contributed by atoms with van der Waals surface area (Å²) < 4.78 is 29.4. The molecule has 140 valence electrons. The first-order valence-electron chi connectivity index (χ1n) is 9.72. The molecule has 0 saturated heterocycles. The Kier molecular flexibility index (Phi) is 5.11. The molecule has 0 unspecified atom stereocenters. The van der Waals surface area contributed by atoms with Crippen LogP contribution in [0.15, 0.2) is 60.7 Å². The van der Waals surface area contributed by atoms with E-state index in [1.165, 1.54) is 33.9 Å². The number of rotatable bonds is 5. The van der Waals surface area contributed by atoms with Crippen molar-refractivity contribution >= 4 is 10.8 Å². The number of fused-ring (bicyclic) bond motifs is 3. The lowest BCUT2D eigenvalue weighted by molar-refractivity contribution is -0.0498. The van der Waals surface area contributed by atoms with Gasteiger partial charge in [0.15, 0.2) is 0 Å². The van der Waals surface area contributed by atoms with Gasteiger partial charge in [-0.05, 0) is 64.8 Å². The summed E-state index contributed by atoms with van der Waals surface area (Å²) in [5.74, 6) is 1.10. The van der Waals surface area contributed by atoms with Crippen LogP contribution in [0.25, 0.3) is 10.8 Å². The molecular weight excluding hydrogens is 342 g/mol. The van der Waals surface area contributed by atoms with Gasteiger partial charge in [0.05, 0.1) is 0 Å². The van der Waals surface area contributed by atoms with Gasteiger partial charge in [-0.15, -0.1) is 0 Å². The summed E-state index contributed by atoms with van der Waals surface area (Å²) in [4.78, 5) is 0. The number of halogens is 2. The van der Waals surface area contributed by atoms with Gasteiger partial charge in [0.2, 0.25) is 0 Å². The molecule has 0 N–H and O–H groups in total. The quantitative estimate of drug-likeness (QED) is 0.475. The molecule has 0 saturated carbocycles. The Balaban J connectivity index is 1.78. The number of aryl methyl sites for hydroxylation is 1. The third kappa shape index (κ3) is 3.55. The van der Waals surface area contributed by atoms with Crippen molar-refractivity contribution < 1.29 is 13.5 Å². The third-order valence-electron chi connectivity index (χ3n) is 5.77. The van der Waals surface area contributed by atoms with E-state index in [2.05, 4.69) is 48.1 Å². The van der Waals surface area contributed by atoms with Crippen molar-refractivity contribution in [1.29, 1.82) is 0 Å². The number of ether oxygens (including phenoxy) is 1. The van der Waals surface area contributed by atoms with E-state index in [0.717, 1.165) is 19.3 Å². The van der Waals surface area contributed by atoms with E-state index in [0.29, 0.717) is 11.8 Å². The zero-order valence-corrected chi connectivity index (χ0v) is 15.5. The van der Waals surface area contributed by atoms with Crippen molar-refractivity contribution in [1.82, 2.24) is 0 Å². The van der Waals surface area contributed by atoms with Crippen LogP contribution in [0.3, 0.4) is 0 Å². The second-order valence-electron chi connectivity index (χ2n) is 7.37. The molecule has 4 rings (SSSR count). The van der Waals surface area contributed by atoms with Gasteiger partial charge in [-0.3, -0.25) is 0 Å². The maximum Gasteiger partial charge on any atom is 0.387 e. The maximum absolute atomic E-state index is 12.5. The minimum absolute atomic E-state index is 0.218. The molecule has 0 heterocycles. The SMILES string of the molecule is CCC[C@@H]1CCc2c(ccc3ccccc23)[C@H]1c1ccc(OC(F)F)cc1. The van der Waals surface area contributed by atoms with Crippen molar-refractivity contribution in [3.8, 4) is 5.75 Å². The predicted molar refractivity (Wildman–Crippen MR) is 106 cm³/mol. The lowest BCUT2D eigenvalue weighted by Crippen LogP contribution is -2.22. The minimum atomic E-state index is -2.79. The van der Waals surface area contributed by atoms with Crippen molar-refractivity contribution in [2.24, 2.45) is 5.92 Å². The molecule has 27 heavy (non-hydrogen) atoms. The van der Waals surface area contributed by atoms with Gasteiger partial charge >= 0.3 is 6.61 Å². The van der Waals surface area contributed by atoms with Crippen LogP contribution in [-0.2, 0) is 6.42 Å². The fourth-order valence-electron chi connectivity index (χ4n) is 4.66. The zero-order valence-electron chi connectivity index (χ0n) is 15.5. The average molecular weight is 366 g/mol. The van der Waals surface area contributed by atoms with E-state index >= 15 is 0 Å². The van der Waals surface area contributed by atoms with E-state index in [-0.39, 0.29) is 5.75 Å². The van der Waals surface area contributed by atoms with Crippen molar-refractivity contribution in [2.75, 3.05) is 0 Å². The lowest BCUT2D eigenvalue weighted by Gasteiger charge is -2.35. The van der Waals surface area contributed by atoms with E-state index in [1.807, 2.05) is 12.1 Å². The molecule has 1 nitrogen and oxygen atoms in total. The zero-order chi connectivity index (χ0) is 18.8. The molecular formula is C24H24F2O. The summed E-state index contributed by atoms with van der Waals surface area (Å²) in [6, 6.07) is 20.3. The Morgan fingerprint density at radius 2 is 1.78 bits per heavy atom. The summed E-state index contributed by atoms with van der Waals surface area (Å²) in [7, 11) is 0. The van der Waals surface area contributed by atoms with Crippen LogP contribution in [0.5, 0.6) is 5.75 Å². The lowest BCUT2D eigenvalue weighted by atomic mass is 9.69. The third-order valence-corrected chi connectivity index (χ3v) is 5.77. The topological polar surface area (TPSA) is 9.23 Å². The highest BCUT2D eigenvalue weighted by atomic mass is 19.3. The van der Waals surface area contributed by atoms with Crippen LogP contribution in [0.1, 0.15) is 48.8 Å². The van der Waals surface area contributed by atoms with Crippen molar-refractivity contribution in [3.05, 3.63) is 77.4 Å². The molecule has 0 aliphatic heterocycles. The summed E-state index contributed by atoms with van der Waals surface area (Å²) in [6.07, 6.45) is 4.59. The largest absolute Gasteiger partial charge is 0.435 e. The Bertz CT molecular complexity index is 917.